The van der Waals surface area contributed by atoms with Crippen LogP contribution in [0.25, 0.3) is 22.2 Å². The highest BCUT2D eigenvalue weighted by Gasteiger charge is 2.38. The van der Waals surface area contributed by atoms with Crippen LogP contribution in [-0.2, 0) is 17.3 Å². The smallest absolute Gasteiger partial charge is 0.234 e. The van der Waals surface area contributed by atoms with E-state index in [1.165, 1.54) is 0 Å². The monoisotopic (exact) mass is 292 g/mol. The Morgan fingerprint density at radius 3 is 2.77 bits per heavy atom. The minimum atomic E-state index is -0.473. The fourth-order valence-corrected chi connectivity index (χ4v) is 2.97. The van der Waals surface area contributed by atoms with E-state index in [1.807, 2.05) is 51.5 Å². The van der Waals surface area contributed by atoms with Gasteiger partial charge in [0, 0.05) is 29.9 Å². The highest BCUT2D eigenvalue weighted by atomic mass is 16.2. The van der Waals surface area contributed by atoms with Gasteiger partial charge in [0.25, 0.3) is 0 Å². The average molecular weight is 292 g/mol. The summed E-state index contributed by atoms with van der Waals surface area (Å²) in [5, 5.41) is 8.18. The van der Waals surface area contributed by atoms with Crippen molar-refractivity contribution in [2.45, 2.75) is 19.3 Å². The number of aryl methyl sites for hydroxylation is 1. The van der Waals surface area contributed by atoms with E-state index in [0.717, 1.165) is 33.4 Å². The molecule has 0 fully saturated rings. The maximum absolute atomic E-state index is 12.0. The highest BCUT2D eigenvalue weighted by molar-refractivity contribution is 6.06. The summed E-state index contributed by atoms with van der Waals surface area (Å²) < 4.78 is 1.75. The molecule has 5 heteroatoms. The summed E-state index contributed by atoms with van der Waals surface area (Å²) in [6, 6.07) is 8.15. The lowest BCUT2D eigenvalue weighted by molar-refractivity contribution is -0.119. The second kappa shape index (κ2) is 4.16. The molecule has 2 aromatic heterocycles. The third-order valence-electron chi connectivity index (χ3n) is 4.41. The van der Waals surface area contributed by atoms with E-state index >= 15 is 0 Å². The molecule has 4 rings (SSSR count). The largest absolute Gasteiger partial charge is 0.325 e. The van der Waals surface area contributed by atoms with Crippen molar-refractivity contribution >= 4 is 22.6 Å². The summed E-state index contributed by atoms with van der Waals surface area (Å²) >= 11 is 0. The summed E-state index contributed by atoms with van der Waals surface area (Å²) in [4.78, 5) is 16.5. The van der Waals surface area contributed by atoms with Crippen molar-refractivity contribution in [3.8, 4) is 11.1 Å². The number of rotatable bonds is 1. The molecule has 22 heavy (non-hydrogen) atoms. The Balaban J connectivity index is 1.83. The van der Waals surface area contributed by atoms with Crippen LogP contribution < -0.4 is 5.32 Å². The molecular formula is C17H16N4O. The predicted octanol–water partition coefficient (Wildman–Crippen LogP) is 2.87. The van der Waals surface area contributed by atoms with Gasteiger partial charge in [-0.05, 0) is 37.1 Å². The molecule has 1 amide bonds. The third kappa shape index (κ3) is 1.68. The molecular weight excluding hydrogens is 276 g/mol. The predicted molar refractivity (Wildman–Crippen MR) is 85.6 cm³/mol. The Hall–Kier alpha value is -2.69. The number of pyridine rings is 1. The van der Waals surface area contributed by atoms with Gasteiger partial charge >= 0.3 is 0 Å². The van der Waals surface area contributed by atoms with Crippen LogP contribution >= 0.6 is 0 Å². The van der Waals surface area contributed by atoms with Gasteiger partial charge in [-0.3, -0.25) is 9.48 Å². The quantitative estimate of drug-likeness (QED) is 0.750. The van der Waals surface area contributed by atoms with Gasteiger partial charge in [-0.15, -0.1) is 0 Å². The first-order chi connectivity index (χ1) is 10.5. The minimum Gasteiger partial charge on any atom is -0.325 e. The Kier molecular flexibility index (Phi) is 2.46. The SMILES string of the molecule is Cn1ncc2cc(-c3ccc4c(c3)NC(=O)C4(C)C)cnc21. The van der Waals surface area contributed by atoms with Crippen molar-refractivity contribution in [1.29, 1.82) is 0 Å². The topological polar surface area (TPSA) is 59.8 Å². The molecule has 1 aromatic carbocycles. The van der Waals surface area contributed by atoms with E-state index in [2.05, 4.69) is 21.5 Å². The Morgan fingerprint density at radius 2 is 1.95 bits per heavy atom. The standard InChI is InChI=1S/C17H16N4O/c1-17(2)13-5-4-10(7-14(13)20-16(17)22)11-6-12-9-19-21(3)15(12)18-8-11/h4-9H,1-3H3,(H,20,22). The number of amides is 1. The van der Waals surface area contributed by atoms with E-state index in [4.69, 9.17) is 0 Å². The van der Waals surface area contributed by atoms with Crippen LogP contribution in [0.1, 0.15) is 19.4 Å². The van der Waals surface area contributed by atoms with Gasteiger partial charge in [0.2, 0.25) is 5.91 Å². The van der Waals surface area contributed by atoms with Crippen molar-refractivity contribution in [3.63, 3.8) is 0 Å². The van der Waals surface area contributed by atoms with E-state index < -0.39 is 5.41 Å². The van der Waals surface area contributed by atoms with Gasteiger partial charge in [-0.1, -0.05) is 12.1 Å². The van der Waals surface area contributed by atoms with Crippen molar-refractivity contribution in [1.82, 2.24) is 14.8 Å². The molecule has 5 nitrogen and oxygen atoms in total. The first kappa shape index (κ1) is 13.0. The minimum absolute atomic E-state index is 0.0421. The number of carbonyl (C=O) groups excluding carboxylic acids is 1. The van der Waals surface area contributed by atoms with Crippen molar-refractivity contribution in [2.24, 2.45) is 7.05 Å². The molecule has 0 spiro atoms. The molecule has 1 aliphatic heterocycles. The van der Waals surface area contributed by atoms with Gasteiger partial charge in [-0.25, -0.2) is 4.98 Å². The van der Waals surface area contributed by atoms with E-state index in [1.54, 1.807) is 4.68 Å². The lowest BCUT2D eigenvalue weighted by Gasteiger charge is -2.15. The first-order valence-corrected chi connectivity index (χ1v) is 7.21. The van der Waals surface area contributed by atoms with Crippen molar-refractivity contribution in [2.75, 3.05) is 5.32 Å². The summed E-state index contributed by atoms with van der Waals surface area (Å²) in [7, 11) is 1.88. The van der Waals surface area contributed by atoms with Gasteiger partial charge in [0.05, 0.1) is 11.6 Å². The van der Waals surface area contributed by atoms with Crippen LogP contribution in [-0.4, -0.2) is 20.7 Å². The summed E-state index contributed by atoms with van der Waals surface area (Å²) in [6.45, 7) is 3.88. The summed E-state index contributed by atoms with van der Waals surface area (Å²) in [5.74, 6) is 0.0421. The number of hydrogen-bond donors (Lipinski definition) is 1. The summed E-state index contributed by atoms with van der Waals surface area (Å²) in [6.07, 6.45) is 3.65. The highest BCUT2D eigenvalue weighted by Crippen LogP contribution is 2.39. The fourth-order valence-electron chi connectivity index (χ4n) is 2.97. The zero-order valence-corrected chi connectivity index (χ0v) is 12.7. The molecule has 0 bridgehead atoms. The van der Waals surface area contributed by atoms with E-state index in [-0.39, 0.29) is 5.91 Å². The Bertz CT molecular complexity index is 924. The second-order valence-electron chi connectivity index (χ2n) is 6.24. The third-order valence-corrected chi connectivity index (χ3v) is 4.41. The Morgan fingerprint density at radius 1 is 1.14 bits per heavy atom. The van der Waals surface area contributed by atoms with Gasteiger partial charge in [0.1, 0.15) is 0 Å². The maximum atomic E-state index is 12.0. The maximum Gasteiger partial charge on any atom is 0.234 e. The molecule has 3 heterocycles. The van der Waals surface area contributed by atoms with E-state index in [9.17, 15) is 4.79 Å². The molecule has 3 aromatic rings. The lowest BCUT2D eigenvalue weighted by atomic mass is 9.85. The summed E-state index contributed by atoms with van der Waals surface area (Å²) in [5.41, 5.74) is 4.37. The zero-order chi connectivity index (χ0) is 15.5. The molecule has 0 atom stereocenters. The van der Waals surface area contributed by atoms with Crippen LogP contribution in [0.4, 0.5) is 5.69 Å². The van der Waals surface area contributed by atoms with Crippen molar-refractivity contribution in [3.05, 3.63) is 42.2 Å². The van der Waals surface area contributed by atoms with Crippen LogP contribution in [0.3, 0.4) is 0 Å². The molecule has 0 radical (unpaired) electrons. The number of nitrogens with one attached hydrogen (secondary N) is 1. The molecule has 0 saturated heterocycles. The molecule has 0 aliphatic carbocycles. The number of aromatic nitrogens is 3. The molecule has 0 saturated carbocycles. The van der Waals surface area contributed by atoms with E-state index in [0.29, 0.717) is 0 Å². The first-order valence-electron chi connectivity index (χ1n) is 7.21. The van der Waals surface area contributed by atoms with Crippen LogP contribution in [0.2, 0.25) is 0 Å². The molecule has 110 valence electrons. The van der Waals surface area contributed by atoms with Gasteiger partial charge in [0.15, 0.2) is 5.65 Å². The van der Waals surface area contributed by atoms with Crippen LogP contribution in [0.5, 0.6) is 0 Å². The fraction of sp³-hybridized carbons (Fsp3) is 0.235. The second-order valence-corrected chi connectivity index (χ2v) is 6.24. The number of nitrogens with zero attached hydrogens (tertiary/aromatic N) is 3. The number of carbonyl (C=O) groups is 1. The molecule has 1 aliphatic rings. The molecule has 1 N–H and O–H groups in total. The normalized spacial score (nSPS) is 15.9. The number of anilines is 1. The van der Waals surface area contributed by atoms with Gasteiger partial charge < -0.3 is 5.32 Å². The average Bonchev–Trinajstić information content (AvgIpc) is 2.97. The number of fused-ring (bicyclic) bond motifs is 2. The Labute approximate surface area is 128 Å². The van der Waals surface area contributed by atoms with Crippen molar-refractivity contribution < 1.29 is 4.79 Å². The van der Waals surface area contributed by atoms with Gasteiger partial charge in [-0.2, -0.15) is 5.10 Å². The number of hydrogen-bond acceptors (Lipinski definition) is 3. The lowest BCUT2D eigenvalue weighted by Crippen LogP contribution is -2.26. The van der Waals surface area contributed by atoms with Crippen LogP contribution in [0, 0.1) is 0 Å². The molecule has 0 unspecified atom stereocenters. The number of benzene rings is 1. The zero-order valence-electron chi connectivity index (χ0n) is 12.7. The van der Waals surface area contributed by atoms with Crippen LogP contribution in [0.15, 0.2) is 36.7 Å².